The number of methoxy groups -OCH3 is 1. The molecule has 0 aliphatic carbocycles. The molecule has 4 heteroatoms. The van der Waals surface area contributed by atoms with Crippen molar-refractivity contribution in [2.45, 2.75) is 25.4 Å². The van der Waals surface area contributed by atoms with Crippen molar-refractivity contribution in [2.24, 2.45) is 5.92 Å². The van der Waals surface area contributed by atoms with E-state index in [9.17, 15) is 5.11 Å². The van der Waals surface area contributed by atoms with E-state index in [1.54, 1.807) is 19.5 Å². The van der Waals surface area contributed by atoms with Gasteiger partial charge in [0, 0.05) is 25.0 Å². The van der Waals surface area contributed by atoms with Crippen LogP contribution in [0.2, 0.25) is 0 Å². The molecule has 0 amide bonds. The summed E-state index contributed by atoms with van der Waals surface area (Å²) in [5, 5.41) is 10.2. The smallest absolute Gasteiger partial charge is 0.142 e. The molecule has 2 rings (SSSR count). The van der Waals surface area contributed by atoms with Crippen LogP contribution in [0.1, 0.15) is 30.9 Å². The maximum Gasteiger partial charge on any atom is 0.142 e. The summed E-state index contributed by atoms with van der Waals surface area (Å²) in [5.41, 5.74) is 0.828. The fourth-order valence-corrected chi connectivity index (χ4v) is 2.26. The maximum atomic E-state index is 10.2. The van der Waals surface area contributed by atoms with E-state index in [0.29, 0.717) is 11.7 Å². The highest BCUT2D eigenvalue weighted by molar-refractivity contribution is 5.31. The number of rotatable bonds is 4. The van der Waals surface area contributed by atoms with Crippen molar-refractivity contribution in [1.29, 1.82) is 0 Å². The molecule has 1 fully saturated rings. The van der Waals surface area contributed by atoms with E-state index in [4.69, 9.17) is 9.47 Å². The second-order valence-electron chi connectivity index (χ2n) is 4.42. The molecule has 0 bridgehead atoms. The minimum atomic E-state index is -0.476. The van der Waals surface area contributed by atoms with Crippen LogP contribution in [-0.2, 0) is 4.74 Å². The molecular formula is C13H19NO3. The number of aliphatic hydroxyl groups is 1. The summed E-state index contributed by atoms with van der Waals surface area (Å²) in [6, 6.07) is 1.82. The van der Waals surface area contributed by atoms with Crippen molar-refractivity contribution in [3.05, 3.63) is 24.0 Å². The third-order valence-corrected chi connectivity index (χ3v) is 3.29. The summed E-state index contributed by atoms with van der Waals surface area (Å²) in [7, 11) is 1.60. The lowest BCUT2D eigenvalue weighted by Gasteiger charge is -2.24. The van der Waals surface area contributed by atoms with Crippen LogP contribution < -0.4 is 4.74 Å². The SMILES string of the molecule is COc1cnccc1C(O)CC1CCOCC1. The second-order valence-corrected chi connectivity index (χ2v) is 4.42. The van der Waals surface area contributed by atoms with Gasteiger partial charge in [0.15, 0.2) is 0 Å². The Labute approximate surface area is 102 Å². The molecule has 1 saturated heterocycles. The fraction of sp³-hybridized carbons (Fsp3) is 0.615. The monoisotopic (exact) mass is 237 g/mol. The van der Waals surface area contributed by atoms with Gasteiger partial charge in [0.1, 0.15) is 5.75 Å². The Morgan fingerprint density at radius 1 is 1.53 bits per heavy atom. The van der Waals surface area contributed by atoms with Crippen molar-refractivity contribution in [3.8, 4) is 5.75 Å². The number of nitrogens with zero attached hydrogens (tertiary/aromatic N) is 1. The molecule has 2 heterocycles. The maximum absolute atomic E-state index is 10.2. The molecule has 4 nitrogen and oxygen atoms in total. The number of aliphatic hydroxyl groups excluding tert-OH is 1. The summed E-state index contributed by atoms with van der Waals surface area (Å²) in [4.78, 5) is 3.99. The molecule has 1 unspecified atom stereocenters. The largest absolute Gasteiger partial charge is 0.495 e. The van der Waals surface area contributed by atoms with Gasteiger partial charge in [-0.1, -0.05) is 0 Å². The highest BCUT2D eigenvalue weighted by Gasteiger charge is 2.20. The van der Waals surface area contributed by atoms with E-state index in [1.165, 1.54) is 0 Å². The molecule has 1 aliphatic heterocycles. The zero-order valence-corrected chi connectivity index (χ0v) is 10.1. The van der Waals surface area contributed by atoms with Crippen LogP contribution in [0.5, 0.6) is 5.75 Å². The van der Waals surface area contributed by atoms with Gasteiger partial charge in [0.05, 0.1) is 19.4 Å². The van der Waals surface area contributed by atoms with Gasteiger partial charge >= 0.3 is 0 Å². The lowest BCUT2D eigenvalue weighted by atomic mass is 9.91. The number of hydrogen-bond donors (Lipinski definition) is 1. The predicted octanol–water partition coefficient (Wildman–Crippen LogP) is 1.94. The van der Waals surface area contributed by atoms with E-state index >= 15 is 0 Å². The van der Waals surface area contributed by atoms with Crippen molar-refractivity contribution in [2.75, 3.05) is 20.3 Å². The van der Waals surface area contributed by atoms with Gasteiger partial charge in [-0.3, -0.25) is 4.98 Å². The molecule has 0 saturated carbocycles. The molecule has 1 N–H and O–H groups in total. The topological polar surface area (TPSA) is 51.6 Å². The van der Waals surface area contributed by atoms with Gasteiger partial charge < -0.3 is 14.6 Å². The minimum Gasteiger partial charge on any atom is -0.495 e. The van der Waals surface area contributed by atoms with E-state index in [0.717, 1.165) is 38.0 Å². The van der Waals surface area contributed by atoms with Crippen LogP contribution in [0.15, 0.2) is 18.5 Å². The highest BCUT2D eigenvalue weighted by atomic mass is 16.5. The summed E-state index contributed by atoms with van der Waals surface area (Å²) in [5.74, 6) is 1.20. The predicted molar refractivity (Wildman–Crippen MR) is 63.9 cm³/mol. The van der Waals surface area contributed by atoms with Crippen molar-refractivity contribution in [3.63, 3.8) is 0 Å². The highest BCUT2D eigenvalue weighted by Crippen LogP contribution is 2.31. The van der Waals surface area contributed by atoms with Crippen LogP contribution in [0.4, 0.5) is 0 Å². The molecule has 0 spiro atoms. The molecule has 1 aromatic heterocycles. The van der Waals surface area contributed by atoms with E-state index in [-0.39, 0.29) is 0 Å². The van der Waals surface area contributed by atoms with Gasteiger partial charge in [-0.2, -0.15) is 0 Å². The first-order chi connectivity index (χ1) is 8.31. The molecule has 0 radical (unpaired) electrons. The number of pyridine rings is 1. The Morgan fingerprint density at radius 2 is 2.29 bits per heavy atom. The van der Waals surface area contributed by atoms with Gasteiger partial charge in [0.2, 0.25) is 0 Å². The molecule has 17 heavy (non-hydrogen) atoms. The van der Waals surface area contributed by atoms with Gasteiger partial charge in [0.25, 0.3) is 0 Å². The molecule has 94 valence electrons. The lowest BCUT2D eigenvalue weighted by molar-refractivity contribution is 0.0430. The number of hydrogen-bond acceptors (Lipinski definition) is 4. The third-order valence-electron chi connectivity index (χ3n) is 3.29. The third kappa shape index (κ3) is 3.17. The quantitative estimate of drug-likeness (QED) is 0.869. The second kappa shape index (κ2) is 5.98. The Bertz CT molecular complexity index is 350. The van der Waals surface area contributed by atoms with E-state index in [1.807, 2.05) is 6.07 Å². The van der Waals surface area contributed by atoms with E-state index < -0.39 is 6.10 Å². The van der Waals surface area contributed by atoms with Crippen LogP contribution >= 0.6 is 0 Å². The fourth-order valence-electron chi connectivity index (χ4n) is 2.26. The average molecular weight is 237 g/mol. The summed E-state index contributed by atoms with van der Waals surface area (Å²) in [6.07, 6.45) is 5.68. The van der Waals surface area contributed by atoms with Crippen LogP contribution in [-0.4, -0.2) is 30.4 Å². The van der Waals surface area contributed by atoms with Crippen LogP contribution in [0.25, 0.3) is 0 Å². The Morgan fingerprint density at radius 3 is 3.00 bits per heavy atom. The van der Waals surface area contributed by atoms with Crippen molar-refractivity contribution < 1.29 is 14.6 Å². The lowest BCUT2D eigenvalue weighted by Crippen LogP contribution is -2.18. The molecule has 1 aliphatic rings. The van der Waals surface area contributed by atoms with Crippen LogP contribution in [0, 0.1) is 5.92 Å². The Hall–Kier alpha value is -1.13. The Kier molecular flexibility index (Phi) is 4.34. The molecule has 1 aromatic rings. The summed E-state index contributed by atoms with van der Waals surface area (Å²) < 4.78 is 10.5. The summed E-state index contributed by atoms with van der Waals surface area (Å²) >= 11 is 0. The van der Waals surface area contributed by atoms with Gasteiger partial charge in [-0.05, 0) is 31.2 Å². The molecular weight excluding hydrogens is 218 g/mol. The first-order valence-corrected chi connectivity index (χ1v) is 6.05. The zero-order chi connectivity index (χ0) is 12.1. The first kappa shape index (κ1) is 12.3. The number of ether oxygens (including phenoxy) is 2. The number of aromatic nitrogens is 1. The average Bonchev–Trinajstić information content (AvgIpc) is 2.40. The Balaban J connectivity index is 2.00. The van der Waals surface area contributed by atoms with E-state index in [2.05, 4.69) is 4.98 Å². The zero-order valence-electron chi connectivity index (χ0n) is 10.1. The first-order valence-electron chi connectivity index (χ1n) is 6.05. The van der Waals surface area contributed by atoms with Crippen molar-refractivity contribution >= 4 is 0 Å². The summed E-state index contributed by atoms with van der Waals surface area (Å²) in [6.45, 7) is 1.62. The van der Waals surface area contributed by atoms with Crippen LogP contribution in [0.3, 0.4) is 0 Å². The standard InChI is InChI=1S/C13H19NO3/c1-16-13-9-14-5-2-11(13)12(15)8-10-3-6-17-7-4-10/h2,5,9-10,12,15H,3-4,6-8H2,1H3. The molecule has 1 atom stereocenters. The molecule has 0 aromatic carbocycles. The normalized spacial score (nSPS) is 18.9. The van der Waals surface area contributed by atoms with Crippen molar-refractivity contribution in [1.82, 2.24) is 4.98 Å². The minimum absolute atomic E-state index is 0.476. The van der Waals surface area contributed by atoms with Gasteiger partial charge in [-0.25, -0.2) is 0 Å². The van der Waals surface area contributed by atoms with Gasteiger partial charge in [-0.15, -0.1) is 0 Å².